The first-order chi connectivity index (χ1) is 15.5. The summed E-state index contributed by atoms with van der Waals surface area (Å²) in [6, 6.07) is 0.181. The lowest BCUT2D eigenvalue weighted by atomic mass is 9.81. The zero-order chi connectivity index (χ0) is 26.1. The predicted octanol–water partition coefficient (Wildman–Crippen LogP) is 8.06. The molecule has 0 aromatic carbocycles. The average molecular weight is 510 g/mol. The second kappa shape index (κ2) is 10.9. The Balaban J connectivity index is 2.13. The van der Waals surface area contributed by atoms with Gasteiger partial charge in [-0.15, -0.1) is 0 Å². The summed E-state index contributed by atoms with van der Waals surface area (Å²) < 4.78 is 13.5. The molecule has 198 valence electrons. The summed E-state index contributed by atoms with van der Waals surface area (Å²) in [7, 11) is -3.70. The highest BCUT2D eigenvalue weighted by atomic mass is 28.4. The molecule has 0 bridgehead atoms. The van der Waals surface area contributed by atoms with Gasteiger partial charge in [-0.1, -0.05) is 68.4 Å². The van der Waals surface area contributed by atoms with Crippen molar-refractivity contribution in [2.45, 2.75) is 148 Å². The fraction of sp³-hybridized carbons (Fsp3) is 0.893. The Bertz CT molecular complexity index is 717. The largest absolute Gasteiger partial charge is 0.416 e. The maximum Gasteiger partial charge on any atom is 0.250 e. The van der Waals surface area contributed by atoms with Crippen LogP contribution < -0.4 is 0 Å². The summed E-state index contributed by atoms with van der Waals surface area (Å²) in [5.74, 6) is 0.222. The van der Waals surface area contributed by atoms with Gasteiger partial charge in [-0.05, 0) is 73.8 Å². The first kappa shape index (κ1) is 29.8. The zero-order valence-electron chi connectivity index (χ0n) is 24.5. The molecular formula is C28H55NO3Si2. The molecule has 0 aromatic heterocycles. The molecule has 0 unspecified atom stereocenters. The van der Waals surface area contributed by atoms with Gasteiger partial charge in [0, 0.05) is 12.2 Å². The molecule has 0 radical (unpaired) electrons. The van der Waals surface area contributed by atoms with Gasteiger partial charge in [-0.25, -0.2) is 0 Å². The molecule has 4 nitrogen and oxygen atoms in total. The lowest BCUT2D eigenvalue weighted by Gasteiger charge is -2.48. The predicted molar refractivity (Wildman–Crippen MR) is 150 cm³/mol. The van der Waals surface area contributed by atoms with Gasteiger partial charge in [0.15, 0.2) is 16.6 Å². The number of fused-ring (bicyclic) bond motifs is 1. The van der Waals surface area contributed by atoms with Gasteiger partial charge in [0.2, 0.25) is 5.91 Å². The molecule has 6 heteroatoms. The van der Waals surface area contributed by atoms with Crippen LogP contribution in [0.1, 0.15) is 101 Å². The lowest BCUT2D eigenvalue weighted by molar-refractivity contribution is -0.136. The number of hydrogen-bond acceptors (Lipinski definition) is 3. The SMILES string of the molecule is CC1=C[C@]2(CCCO[Si](C(C)C)(C(C)C)C(C)C)CCC[C@H](CO[Si](C)(C)C(C)(C)C)N2C1=O. The first-order valence-corrected chi connectivity index (χ1v) is 18.9. The molecule has 2 heterocycles. The van der Waals surface area contributed by atoms with Crippen LogP contribution in [0.25, 0.3) is 0 Å². The molecular weight excluding hydrogens is 454 g/mol. The van der Waals surface area contributed by atoms with Gasteiger partial charge in [-0.2, -0.15) is 0 Å². The van der Waals surface area contributed by atoms with E-state index >= 15 is 0 Å². The van der Waals surface area contributed by atoms with Crippen LogP contribution in [-0.2, 0) is 13.6 Å². The van der Waals surface area contributed by atoms with E-state index in [-0.39, 0.29) is 22.5 Å². The Morgan fingerprint density at radius 2 is 1.62 bits per heavy atom. The Hall–Kier alpha value is -0.436. The van der Waals surface area contributed by atoms with Crippen molar-refractivity contribution >= 4 is 22.5 Å². The molecule has 1 saturated heterocycles. The highest BCUT2D eigenvalue weighted by Crippen LogP contribution is 2.45. The van der Waals surface area contributed by atoms with Crippen LogP contribution in [0.15, 0.2) is 11.6 Å². The molecule has 0 aromatic rings. The summed E-state index contributed by atoms with van der Waals surface area (Å²) in [5, 5.41) is 0.179. The van der Waals surface area contributed by atoms with Gasteiger partial charge in [-0.3, -0.25) is 4.79 Å². The molecule has 0 N–H and O–H groups in total. The third-order valence-electron chi connectivity index (χ3n) is 9.29. The molecule has 0 spiro atoms. The number of rotatable bonds is 11. The van der Waals surface area contributed by atoms with E-state index in [0.29, 0.717) is 23.2 Å². The highest BCUT2D eigenvalue weighted by molar-refractivity contribution is 6.77. The van der Waals surface area contributed by atoms with E-state index in [2.05, 4.69) is 86.4 Å². The summed E-state index contributed by atoms with van der Waals surface area (Å²) in [6.07, 6.45) is 7.54. The summed E-state index contributed by atoms with van der Waals surface area (Å²) in [5.41, 5.74) is 2.56. The molecule has 0 aliphatic carbocycles. The Morgan fingerprint density at radius 3 is 2.12 bits per heavy atom. The van der Waals surface area contributed by atoms with Crippen molar-refractivity contribution in [3.8, 4) is 0 Å². The molecule has 1 fully saturated rings. The van der Waals surface area contributed by atoms with Crippen LogP contribution in [0, 0.1) is 0 Å². The Labute approximate surface area is 213 Å². The number of hydrogen-bond donors (Lipinski definition) is 0. The molecule has 0 saturated carbocycles. The third kappa shape index (κ3) is 5.76. The Kier molecular flexibility index (Phi) is 9.55. The average Bonchev–Trinajstić information content (AvgIpc) is 2.95. The quantitative estimate of drug-likeness (QED) is 0.209. The molecule has 2 aliphatic rings. The smallest absolute Gasteiger partial charge is 0.250 e. The maximum atomic E-state index is 13.3. The number of carbonyl (C=O) groups is 1. The van der Waals surface area contributed by atoms with Crippen molar-refractivity contribution in [1.82, 2.24) is 4.90 Å². The topological polar surface area (TPSA) is 38.8 Å². The first-order valence-electron chi connectivity index (χ1n) is 13.8. The highest BCUT2D eigenvalue weighted by Gasteiger charge is 2.50. The monoisotopic (exact) mass is 509 g/mol. The number of piperidine rings is 1. The molecule has 2 aliphatic heterocycles. The third-order valence-corrected chi connectivity index (χ3v) is 19.9. The summed E-state index contributed by atoms with van der Waals surface area (Å²) in [6.45, 7) is 29.0. The van der Waals surface area contributed by atoms with E-state index < -0.39 is 16.6 Å². The second-order valence-electron chi connectivity index (χ2n) is 13.5. The van der Waals surface area contributed by atoms with Crippen molar-refractivity contribution in [2.24, 2.45) is 0 Å². The van der Waals surface area contributed by atoms with Crippen molar-refractivity contribution in [2.75, 3.05) is 13.2 Å². The van der Waals surface area contributed by atoms with E-state index in [1.165, 1.54) is 0 Å². The normalized spacial score (nSPS) is 24.4. The van der Waals surface area contributed by atoms with E-state index in [4.69, 9.17) is 8.85 Å². The van der Waals surface area contributed by atoms with Crippen LogP contribution in [-0.4, -0.2) is 52.2 Å². The second-order valence-corrected chi connectivity index (χ2v) is 23.8. The van der Waals surface area contributed by atoms with E-state index in [9.17, 15) is 4.79 Å². The van der Waals surface area contributed by atoms with Gasteiger partial charge < -0.3 is 13.8 Å². The van der Waals surface area contributed by atoms with Crippen LogP contribution in [0.2, 0.25) is 34.8 Å². The minimum absolute atomic E-state index is 0.151. The number of nitrogens with zero attached hydrogens (tertiary/aromatic N) is 1. The van der Waals surface area contributed by atoms with Crippen LogP contribution >= 0.6 is 0 Å². The fourth-order valence-electron chi connectivity index (χ4n) is 6.55. The van der Waals surface area contributed by atoms with E-state index in [1.807, 2.05) is 6.92 Å². The van der Waals surface area contributed by atoms with Crippen LogP contribution in [0.3, 0.4) is 0 Å². The van der Waals surface area contributed by atoms with Gasteiger partial charge in [0.25, 0.3) is 0 Å². The van der Waals surface area contributed by atoms with Crippen LogP contribution in [0.5, 0.6) is 0 Å². The van der Waals surface area contributed by atoms with Crippen LogP contribution in [0.4, 0.5) is 0 Å². The molecule has 2 atom stereocenters. The summed E-state index contributed by atoms with van der Waals surface area (Å²) >= 11 is 0. The van der Waals surface area contributed by atoms with Crippen molar-refractivity contribution < 1.29 is 13.6 Å². The van der Waals surface area contributed by atoms with Crippen molar-refractivity contribution in [3.63, 3.8) is 0 Å². The Morgan fingerprint density at radius 1 is 1.06 bits per heavy atom. The van der Waals surface area contributed by atoms with Gasteiger partial charge >= 0.3 is 0 Å². The minimum atomic E-state index is -1.85. The van der Waals surface area contributed by atoms with Gasteiger partial charge in [0.05, 0.1) is 18.2 Å². The summed E-state index contributed by atoms with van der Waals surface area (Å²) in [4.78, 5) is 15.5. The number of carbonyl (C=O) groups excluding carboxylic acids is 1. The zero-order valence-corrected chi connectivity index (χ0v) is 26.5. The molecule has 34 heavy (non-hydrogen) atoms. The lowest BCUT2D eigenvalue weighted by Crippen LogP contribution is -2.57. The fourth-order valence-corrected chi connectivity index (χ4v) is 13.1. The molecule has 1 amide bonds. The van der Waals surface area contributed by atoms with Crippen molar-refractivity contribution in [1.29, 1.82) is 0 Å². The van der Waals surface area contributed by atoms with E-state index in [0.717, 1.165) is 44.3 Å². The van der Waals surface area contributed by atoms with E-state index in [1.54, 1.807) is 0 Å². The van der Waals surface area contributed by atoms with Gasteiger partial charge in [0.1, 0.15) is 0 Å². The molecule has 2 rings (SSSR count). The minimum Gasteiger partial charge on any atom is -0.416 e. The standard InChI is InChI=1S/C28H55NO3Si2/c1-21(2)34(22(3)4,23(5)6)31-18-14-17-28-16-13-15-25(29(28)26(30)24(7)19-28)20-32-33(11,12)27(8,9)10/h19,21-23,25H,13-18,20H2,1-12H3/t25-,28-/m1/s1. The van der Waals surface area contributed by atoms with Crippen molar-refractivity contribution in [3.05, 3.63) is 11.6 Å². The maximum absolute atomic E-state index is 13.3. The number of amides is 1.